The van der Waals surface area contributed by atoms with Crippen molar-refractivity contribution in [1.82, 2.24) is 10.6 Å². The maximum absolute atomic E-state index is 13.0. The van der Waals surface area contributed by atoms with E-state index in [1.807, 2.05) is 0 Å². The molecule has 0 fully saturated rings. The molecule has 1 atom stereocenters. The van der Waals surface area contributed by atoms with Crippen LogP contribution in [0.25, 0.3) is 0 Å². The van der Waals surface area contributed by atoms with Crippen molar-refractivity contribution < 1.29 is 18.7 Å². The Morgan fingerprint density at radius 3 is 2.62 bits per heavy atom. The van der Waals surface area contributed by atoms with E-state index in [-0.39, 0.29) is 23.8 Å². The summed E-state index contributed by atoms with van der Waals surface area (Å²) >= 11 is 5.79. The van der Waals surface area contributed by atoms with Crippen LogP contribution in [0, 0.1) is 5.82 Å². The van der Waals surface area contributed by atoms with Crippen LogP contribution in [0.2, 0.25) is 0 Å². The van der Waals surface area contributed by atoms with Crippen molar-refractivity contribution in [2.75, 3.05) is 12.5 Å². The van der Waals surface area contributed by atoms with E-state index in [0.29, 0.717) is 5.56 Å². The smallest absolute Gasteiger partial charge is 0.338 e. The third-order valence-electron chi connectivity index (χ3n) is 2.99. The molecule has 1 aliphatic heterocycles. The molecule has 0 bridgehead atoms. The van der Waals surface area contributed by atoms with Crippen molar-refractivity contribution in [2.45, 2.75) is 13.0 Å². The molecule has 1 unspecified atom stereocenters. The third kappa shape index (κ3) is 3.33. The van der Waals surface area contributed by atoms with E-state index in [0.717, 1.165) is 0 Å². The molecule has 7 heteroatoms. The Kier molecular flexibility index (Phi) is 4.80. The Morgan fingerprint density at radius 2 is 2.05 bits per heavy atom. The van der Waals surface area contributed by atoms with Crippen molar-refractivity contribution >= 4 is 23.6 Å². The molecule has 2 N–H and O–H groups in total. The monoisotopic (exact) mass is 312 g/mol. The molecule has 5 nitrogen and oxygen atoms in total. The van der Waals surface area contributed by atoms with Gasteiger partial charge in [-0.3, -0.25) is 0 Å². The van der Waals surface area contributed by atoms with Crippen LogP contribution < -0.4 is 10.6 Å². The van der Waals surface area contributed by atoms with Crippen molar-refractivity contribution in [2.24, 2.45) is 0 Å². The molecule has 0 aromatic heterocycles. The Balaban J connectivity index is 2.46. The zero-order valence-electron chi connectivity index (χ0n) is 11.3. The summed E-state index contributed by atoms with van der Waals surface area (Å²) in [7, 11) is 0. The fraction of sp³-hybridized carbons (Fsp3) is 0.286. The molecule has 112 valence electrons. The molecule has 21 heavy (non-hydrogen) atoms. The fourth-order valence-electron chi connectivity index (χ4n) is 2.08. The second-order valence-corrected chi connectivity index (χ2v) is 4.60. The standard InChI is InChI=1S/C14H14ClFN2O3/c1-2-21-13(19)11-10(7-15)17-14(20)18-12(11)8-3-5-9(16)6-4-8/h3-6,12H,2,7H2,1H3,(H2,17,18,20). The van der Waals surface area contributed by atoms with Crippen LogP contribution in [0.5, 0.6) is 0 Å². The first-order chi connectivity index (χ1) is 10.1. The number of esters is 1. The highest BCUT2D eigenvalue weighted by molar-refractivity contribution is 6.20. The Bertz CT molecular complexity index is 586. The summed E-state index contributed by atoms with van der Waals surface area (Å²) < 4.78 is 18.0. The van der Waals surface area contributed by atoms with Gasteiger partial charge in [-0.05, 0) is 24.6 Å². The molecule has 2 amide bonds. The van der Waals surface area contributed by atoms with Gasteiger partial charge in [-0.15, -0.1) is 11.6 Å². The quantitative estimate of drug-likeness (QED) is 0.662. The number of hydrogen-bond donors (Lipinski definition) is 2. The van der Waals surface area contributed by atoms with Crippen LogP contribution in [-0.4, -0.2) is 24.5 Å². The number of carbonyl (C=O) groups excluding carboxylic acids is 2. The fourth-order valence-corrected chi connectivity index (χ4v) is 2.29. The first-order valence-corrected chi connectivity index (χ1v) is 6.89. The van der Waals surface area contributed by atoms with Crippen molar-refractivity contribution in [1.29, 1.82) is 0 Å². The zero-order chi connectivity index (χ0) is 15.4. The SMILES string of the molecule is CCOC(=O)C1=C(CCl)NC(=O)NC1c1ccc(F)cc1. The van der Waals surface area contributed by atoms with Gasteiger partial charge in [0.25, 0.3) is 0 Å². The predicted octanol–water partition coefficient (Wildman–Crippen LogP) is 2.24. The second kappa shape index (κ2) is 6.58. The number of amides is 2. The van der Waals surface area contributed by atoms with Gasteiger partial charge in [0.15, 0.2) is 0 Å². The first kappa shape index (κ1) is 15.3. The number of alkyl halides is 1. The highest BCUT2D eigenvalue weighted by Crippen LogP contribution is 2.28. The minimum Gasteiger partial charge on any atom is -0.463 e. The van der Waals surface area contributed by atoms with Crippen LogP contribution in [0.15, 0.2) is 35.5 Å². The Hall–Kier alpha value is -2.08. The molecule has 0 saturated heterocycles. The minimum atomic E-state index is -0.729. The summed E-state index contributed by atoms with van der Waals surface area (Å²) in [5.41, 5.74) is 1.07. The van der Waals surface area contributed by atoms with Crippen LogP contribution >= 0.6 is 11.6 Å². The number of carbonyl (C=O) groups is 2. The van der Waals surface area contributed by atoms with E-state index in [4.69, 9.17) is 16.3 Å². The highest BCUT2D eigenvalue weighted by atomic mass is 35.5. The van der Waals surface area contributed by atoms with Crippen LogP contribution in [0.1, 0.15) is 18.5 Å². The number of urea groups is 1. The third-order valence-corrected chi connectivity index (χ3v) is 3.25. The summed E-state index contributed by atoms with van der Waals surface area (Å²) in [6.07, 6.45) is 0. The van der Waals surface area contributed by atoms with Gasteiger partial charge >= 0.3 is 12.0 Å². The lowest BCUT2D eigenvalue weighted by Gasteiger charge is -2.28. The molecule has 2 rings (SSSR count). The Morgan fingerprint density at radius 1 is 1.38 bits per heavy atom. The Labute approximate surface area is 126 Å². The van der Waals surface area contributed by atoms with Gasteiger partial charge in [-0.1, -0.05) is 12.1 Å². The van der Waals surface area contributed by atoms with Gasteiger partial charge in [0.2, 0.25) is 0 Å². The molecule has 0 radical (unpaired) electrons. The highest BCUT2D eigenvalue weighted by Gasteiger charge is 2.33. The van der Waals surface area contributed by atoms with Gasteiger partial charge in [0, 0.05) is 5.70 Å². The van der Waals surface area contributed by atoms with E-state index in [1.54, 1.807) is 6.92 Å². The predicted molar refractivity (Wildman–Crippen MR) is 75.2 cm³/mol. The van der Waals surface area contributed by atoms with E-state index in [1.165, 1.54) is 24.3 Å². The number of benzene rings is 1. The van der Waals surface area contributed by atoms with Gasteiger partial charge < -0.3 is 15.4 Å². The number of halogens is 2. The maximum Gasteiger partial charge on any atom is 0.338 e. The summed E-state index contributed by atoms with van der Waals surface area (Å²) in [6, 6.07) is 4.30. The maximum atomic E-state index is 13.0. The van der Waals surface area contributed by atoms with Crippen molar-refractivity contribution in [3.8, 4) is 0 Å². The topological polar surface area (TPSA) is 67.4 Å². The lowest BCUT2D eigenvalue weighted by atomic mass is 9.95. The molecular weight excluding hydrogens is 299 g/mol. The molecule has 0 aliphatic carbocycles. The van der Waals surface area contributed by atoms with E-state index < -0.39 is 23.9 Å². The lowest BCUT2D eigenvalue weighted by molar-refractivity contribution is -0.139. The molecule has 0 spiro atoms. The van der Waals surface area contributed by atoms with E-state index >= 15 is 0 Å². The normalized spacial score (nSPS) is 18.0. The van der Waals surface area contributed by atoms with Crippen molar-refractivity contribution in [3.05, 3.63) is 46.9 Å². The number of allylic oxidation sites excluding steroid dienone is 1. The largest absolute Gasteiger partial charge is 0.463 e. The zero-order valence-corrected chi connectivity index (χ0v) is 12.0. The van der Waals surface area contributed by atoms with Gasteiger partial charge in [0.1, 0.15) is 5.82 Å². The van der Waals surface area contributed by atoms with Gasteiger partial charge in [-0.25, -0.2) is 14.0 Å². The second-order valence-electron chi connectivity index (χ2n) is 4.33. The molecular formula is C14H14ClFN2O3. The van der Waals surface area contributed by atoms with E-state index in [9.17, 15) is 14.0 Å². The molecule has 1 heterocycles. The average Bonchev–Trinajstić information content (AvgIpc) is 2.47. The molecule has 1 aromatic rings. The first-order valence-electron chi connectivity index (χ1n) is 6.36. The summed E-state index contributed by atoms with van der Waals surface area (Å²) in [4.78, 5) is 23.8. The van der Waals surface area contributed by atoms with E-state index in [2.05, 4.69) is 10.6 Å². The summed E-state index contributed by atoms with van der Waals surface area (Å²) in [5, 5.41) is 5.11. The number of ether oxygens (including phenoxy) is 1. The molecule has 1 aromatic carbocycles. The van der Waals surface area contributed by atoms with Gasteiger partial charge in [0.05, 0.1) is 24.1 Å². The average molecular weight is 313 g/mol. The van der Waals surface area contributed by atoms with Crippen LogP contribution in [0.4, 0.5) is 9.18 Å². The van der Waals surface area contributed by atoms with Crippen LogP contribution in [-0.2, 0) is 9.53 Å². The summed E-state index contributed by atoms with van der Waals surface area (Å²) in [6.45, 7) is 1.88. The van der Waals surface area contributed by atoms with Crippen LogP contribution in [0.3, 0.4) is 0 Å². The molecule has 0 saturated carbocycles. The van der Waals surface area contributed by atoms with Gasteiger partial charge in [-0.2, -0.15) is 0 Å². The summed E-state index contributed by atoms with van der Waals surface area (Å²) in [5.74, 6) is -1.02. The molecule has 1 aliphatic rings. The minimum absolute atomic E-state index is 0.0424. The number of rotatable bonds is 4. The number of hydrogen-bond acceptors (Lipinski definition) is 3. The number of nitrogens with one attached hydrogen (secondary N) is 2. The van der Waals surface area contributed by atoms with Crippen molar-refractivity contribution in [3.63, 3.8) is 0 Å². The lowest BCUT2D eigenvalue weighted by Crippen LogP contribution is -2.46.